The number of benzene rings is 1. The van der Waals surface area contributed by atoms with Gasteiger partial charge in [0.05, 0.1) is 5.56 Å². The molecule has 0 aliphatic heterocycles. The van der Waals surface area contributed by atoms with E-state index in [1.54, 1.807) is 0 Å². The summed E-state index contributed by atoms with van der Waals surface area (Å²) in [5.74, 6) is -1.39. The number of aromatic carboxylic acids is 1. The molecule has 0 aliphatic carbocycles. The number of aromatic amines is 1. The van der Waals surface area contributed by atoms with Gasteiger partial charge in [0.1, 0.15) is 4.90 Å². The van der Waals surface area contributed by atoms with Gasteiger partial charge in [-0.3, -0.25) is 0 Å². The number of hydrogen-bond donors (Lipinski definition) is 4. The maximum absolute atomic E-state index is 12.1. The van der Waals surface area contributed by atoms with Crippen molar-refractivity contribution in [1.82, 2.24) is 9.97 Å². The van der Waals surface area contributed by atoms with Crippen LogP contribution in [0.5, 0.6) is 0 Å². The highest BCUT2D eigenvalue weighted by atomic mass is 32.2. The molecular weight excluding hydrogens is 272 g/mol. The Morgan fingerprint density at radius 2 is 2.16 bits per heavy atom. The summed E-state index contributed by atoms with van der Waals surface area (Å²) in [6.45, 7) is 0. The number of H-pyrrole nitrogens is 1. The molecule has 8 nitrogen and oxygen atoms in total. The smallest absolute Gasteiger partial charge is 0.337 e. The zero-order valence-electron chi connectivity index (χ0n) is 9.49. The quantitative estimate of drug-likeness (QED) is 0.602. The van der Waals surface area contributed by atoms with Gasteiger partial charge in [-0.25, -0.2) is 22.9 Å². The van der Waals surface area contributed by atoms with Gasteiger partial charge < -0.3 is 15.8 Å². The molecule has 0 spiro atoms. The number of nitrogens with one attached hydrogen (secondary N) is 2. The average Bonchev–Trinajstić information content (AvgIpc) is 2.80. The SMILES string of the molecule is Nc1ccc(S(=O)(=O)Nc2ncc[nH]2)c(C(=O)O)c1. The molecular formula is C10H10N4O4S. The molecule has 1 heterocycles. The van der Waals surface area contributed by atoms with Crippen LogP contribution in [0.25, 0.3) is 0 Å². The van der Waals surface area contributed by atoms with Gasteiger partial charge in [-0.1, -0.05) is 0 Å². The lowest BCUT2D eigenvalue weighted by Gasteiger charge is -2.09. The summed E-state index contributed by atoms with van der Waals surface area (Å²) in [6, 6.07) is 3.52. The zero-order chi connectivity index (χ0) is 14.0. The Hall–Kier alpha value is -2.55. The van der Waals surface area contributed by atoms with E-state index in [4.69, 9.17) is 10.8 Å². The van der Waals surface area contributed by atoms with Crippen LogP contribution in [0, 0.1) is 0 Å². The molecule has 0 saturated heterocycles. The molecule has 2 rings (SSSR count). The lowest BCUT2D eigenvalue weighted by molar-refractivity contribution is 0.0692. The molecule has 5 N–H and O–H groups in total. The number of carboxylic acid groups (broad SMARTS) is 1. The average molecular weight is 282 g/mol. The van der Waals surface area contributed by atoms with Crippen molar-refractivity contribution in [1.29, 1.82) is 0 Å². The van der Waals surface area contributed by atoms with E-state index in [0.29, 0.717) is 0 Å². The second kappa shape index (κ2) is 4.61. The molecule has 0 fully saturated rings. The lowest BCUT2D eigenvalue weighted by atomic mass is 10.2. The molecule has 0 unspecified atom stereocenters. The van der Waals surface area contributed by atoms with Crippen LogP contribution in [0.3, 0.4) is 0 Å². The molecule has 2 aromatic rings. The Bertz CT molecular complexity index is 709. The van der Waals surface area contributed by atoms with Gasteiger partial charge in [-0.05, 0) is 18.2 Å². The van der Waals surface area contributed by atoms with Gasteiger partial charge in [0.25, 0.3) is 10.0 Å². The van der Waals surface area contributed by atoms with E-state index in [9.17, 15) is 13.2 Å². The third-order valence-corrected chi connectivity index (χ3v) is 3.65. The summed E-state index contributed by atoms with van der Waals surface area (Å²) < 4.78 is 26.3. The minimum Gasteiger partial charge on any atom is -0.478 e. The van der Waals surface area contributed by atoms with Crippen LogP contribution in [-0.4, -0.2) is 29.5 Å². The minimum absolute atomic E-state index is 0.00633. The first-order valence-corrected chi connectivity index (χ1v) is 6.53. The van der Waals surface area contributed by atoms with E-state index < -0.39 is 21.6 Å². The van der Waals surface area contributed by atoms with Crippen molar-refractivity contribution in [3.63, 3.8) is 0 Å². The summed E-state index contributed by atoms with van der Waals surface area (Å²) in [6.07, 6.45) is 2.79. The molecule has 1 aromatic carbocycles. The highest BCUT2D eigenvalue weighted by Gasteiger charge is 2.23. The number of nitrogens with two attached hydrogens (primary N) is 1. The van der Waals surface area contributed by atoms with Gasteiger partial charge >= 0.3 is 5.97 Å². The molecule has 0 radical (unpaired) electrons. The van der Waals surface area contributed by atoms with E-state index in [1.807, 2.05) is 0 Å². The number of sulfonamides is 1. The van der Waals surface area contributed by atoms with Crippen LogP contribution < -0.4 is 10.5 Å². The summed E-state index contributed by atoms with van der Waals surface area (Å²) in [7, 11) is -4.06. The molecule has 0 atom stereocenters. The fraction of sp³-hybridized carbons (Fsp3) is 0. The first-order chi connectivity index (χ1) is 8.90. The van der Waals surface area contributed by atoms with Crippen LogP contribution in [0.1, 0.15) is 10.4 Å². The minimum atomic E-state index is -4.06. The third kappa shape index (κ3) is 2.65. The fourth-order valence-corrected chi connectivity index (χ4v) is 2.61. The molecule has 0 amide bonds. The fourth-order valence-electron chi connectivity index (χ4n) is 1.45. The predicted molar refractivity (Wildman–Crippen MR) is 67.2 cm³/mol. The van der Waals surface area contributed by atoms with E-state index in [2.05, 4.69) is 14.7 Å². The highest BCUT2D eigenvalue weighted by Crippen LogP contribution is 2.20. The molecule has 0 saturated carbocycles. The van der Waals surface area contributed by atoms with E-state index in [1.165, 1.54) is 18.5 Å². The standard InChI is InChI=1S/C10H10N4O4S/c11-6-1-2-8(7(5-6)9(15)16)19(17,18)14-10-12-3-4-13-10/h1-5H,11H2,(H,15,16)(H2,12,13,14). The Morgan fingerprint density at radius 1 is 1.42 bits per heavy atom. The number of nitrogen functional groups attached to an aromatic ring is 1. The van der Waals surface area contributed by atoms with Crippen LogP contribution in [0.15, 0.2) is 35.5 Å². The first kappa shape index (κ1) is 12.9. The van der Waals surface area contributed by atoms with Crippen molar-refractivity contribution >= 4 is 27.6 Å². The lowest BCUT2D eigenvalue weighted by Crippen LogP contribution is -2.17. The van der Waals surface area contributed by atoms with E-state index >= 15 is 0 Å². The van der Waals surface area contributed by atoms with Crippen molar-refractivity contribution in [2.24, 2.45) is 0 Å². The van der Waals surface area contributed by atoms with Gasteiger partial charge in [-0.15, -0.1) is 0 Å². The summed E-state index contributed by atoms with van der Waals surface area (Å²) in [4.78, 5) is 16.9. The number of anilines is 2. The van der Waals surface area contributed by atoms with Crippen molar-refractivity contribution in [3.05, 3.63) is 36.2 Å². The van der Waals surface area contributed by atoms with E-state index in [0.717, 1.165) is 12.1 Å². The number of rotatable bonds is 4. The Kier molecular flexibility index (Phi) is 3.13. The molecule has 0 bridgehead atoms. The van der Waals surface area contributed by atoms with E-state index in [-0.39, 0.29) is 16.5 Å². The van der Waals surface area contributed by atoms with Crippen molar-refractivity contribution < 1.29 is 18.3 Å². The summed E-state index contributed by atoms with van der Waals surface area (Å²) >= 11 is 0. The second-order valence-electron chi connectivity index (χ2n) is 3.60. The topological polar surface area (TPSA) is 138 Å². The Morgan fingerprint density at radius 3 is 2.74 bits per heavy atom. The monoisotopic (exact) mass is 282 g/mol. The maximum Gasteiger partial charge on any atom is 0.337 e. The van der Waals surface area contributed by atoms with Crippen LogP contribution in [0.4, 0.5) is 11.6 Å². The van der Waals surface area contributed by atoms with Gasteiger partial charge in [0.15, 0.2) is 0 Å². The number of carbonyl (C=O) groups is 1. The number of imidazole rings is 1. The van der Waals surface area contributed by atoms with Crippen molar-refractivity contribution in [3.8, 4) is 0 Å². The summed E-state index contributed by atoms with van der Waals surface area (Å²) in [5.41, 5.74) is 5.21. The van der Waals surface area contributed by atoms with Crippen LogP contribution in [-0.2, 0) is 10.0 Å². The van der Waals surface area contributed by atoms with Gasteiger partial charge in [0, 0.05) is 18.1 Å². The third-order valence-electron chi connectivity index (χ3n) is 2.25. The molecule has 100 valence electrons. The Balaban J connectivity index is 2.49. The largest absolute Gasteiger partial charge is 0.478 e. The van der Waals surface area contributed by atoms with Crippen LogP contribution >= 0.6 is 0 Å². The number of nitrogens with zero attached hydrogens (tertiary/aromatic N) is 1. The second-order valence-corrected chi connectivity index (χ2v) is 5.25. The number of carboxylic acids is 1. The summed E-state index contributed by atoms with van der Waals surface area (Å²) in [5, 5.41) is 9.01. The number of aromatic nitrogens is 2. The predicted octanol–water partition coefficient (Wildman–Crippen LogP) is 0.491. The maximum atomic E-state index is 12.1. The van der Waals surface area contributed by atoms with Crippen molar-refractivity contribution in [2.45, 2.75) is 4.90 Å². The van der Waals surface area contributed by atoms with Crippen molar-refractivity contribution in [2.75, 3.05) is 10.5 Å². The van der Waals surface area contributed by atoms with Crippen LogP contribution in [0.2, 0.25) is 0 Å². The van der Waals surface area contributed by atoms with Gasteiger partial charge in [0.2, 0.25) is 5.95 Å². The molecule has 9 heteroatoms. The van der Waals surface area contributed by atoms with Gasteiger partial charge in [-0.2, -0.15) is 0 Å². The number of hydrogen-bond acceptors (Lipinski definition) is 5. The molecule has 0 aliphatic rings. The zero-order valence-corrected chi connectivity index (χ0v) is 10.3. The Labute approximate surface area is 108 Å². The molecule has 1 aromatic heterocycles. The molecule has 19 heavy (non-hydrogen) atoms. The first-order valence-electron chi connectivity index (χ1n) is 5.05. The normalized spacial score (nSPS) is 11.2. The highest BCUT2D eigenvalue weighted by molar-refractivity contribution is 7.92.